The summed E-state index contributed by atoms with van der Waals surface area (Å²) in [4.78, 5) is 11.2. The third kappa shape index (κ3) is 2.73. The second-order valence-electron chi connectivity index (χ2n) is 2.90. The summed E-state index contributed by atoms with van der Waals surface area (Å²) in [6.07, 6.45) is 0. The van der Waals surface area contributed by atoms with Crippen molar-refractivity contribution in [2.75, 3.05) is 11.9 Å². The molecule has 0 aliphatic carbocycles. The van der Waals surface area contributed by atoms with Crippen LogP contribution in [0.1, 0.15) is 12.5 Å². The monoisotopic (exact) mass is 256 g/mol. The molecule has 1 rings (SSSR count). The number of amides is 2. The molecular weight excluding hydrogens is 244 g/mol. The number of nitrogens with one attached hydrogen (secondary N) is 2. The van der Waals surface area contributed by atoms with E-state index in [0.717, 1.165) is 15.7 Å². The lowest BCUT2D eigenvalue weighted by atomic mass is 10.2. The maximum Gasteiger partial charge on any atom is 0.319 e. The van der Waals surface area contributed by atoms with Crippen LogP contribution in [0.4, 0.5) is 10.5 Å². The number of anilines is 1. The van der Waals surface area contributed by atoms with E-state index in [4.69, 9.17) is 0 Å². The van der Waals surface area contributed by atoms with E-state index >= 15 is 0 Å². The minimum absolute atomic E-state index is 0.172. The van der Waals surface area contributed by atoms with E-state index in [-0.39, 0.29) is 6.03 Å². The maximum absolute atomic E-state index is 11.2. The Morgan fingerprint density at radius 2 is 2.21 bits per heavy atom. The van der Waals surface area contributed by atoms with Gasteiger partial charge in [0.25, 0.3) is 0 Å². The van der Waals surface area contributed by atoms with E-state index in [1.807, 2.05) is 32.0 Å². The van der Waals surface area contributed by atoms with Crippen LogP contribution < -0.4 is 10.6 Å². The van der Waals surface area contributed by atoms with Crippen LogP contribution in [-0.4, -0.2) is 12.6 Å². The fourth-order valence-corrected chi connectivity index (χ4v) is 1.44. The number of carbonyl (C=O) groups excluding carboxylic acids is 1. The second kappa shape index (κ2) is 5.00. The van der Waals surface area contributed by atoms with Crippen molar-refractivity contribution in [2.45, 2.75) is 13.8 Å². The average Bonchev–Trinajstić information content (AvgIpc) is 2.13. The van der Waals surface area contributed by atoms with Gasteiger partial charge in [-0.05, 0) is 31.5 Å². The molecule has 14 heavy (non-hydrogen) atoms. The van der Waals surface area contributed by atoms with Gasteiger partial charge in [-0.3, -0.25) is 0 Å². The number of benzene rings is 1. The molecule has 1 aromatic rings. The fraction of sp³-hybridized carbons (Fsp3) is 0.300. The summed E-state index contributed by atoms with van der Waals surface area (Å²) in [6, 6.07) is 5.53. The Kier molecular flexibility index (Phi) is 3.95. The summed E-state index contributed by atoms with van der Waals surface area (Å²) in [5, 5.41) is 5.45. The van der Waals surface area contributed by atoms with Crippen LogP contribution >= 0.6 is 15.9 Å². The molecular formula is C10H13BrN2O. The van der Waals surface area contributed by atoms with Crippen LogP contribution in [0.5, 0.6) is 0 Å². The van der Waals surface area contributed by atoms with Gasteiger partial charge in [0.1, 0.15) is 0 Å². The molecule has 0 spiro atoms. The third-order valence-electron chi connectivity index (χ3n) is 1.85. The Hall–Kier alpha value is -1.03. The maximum atomic E-state index is 11.2. The number of rotatable bonds is 2. The zero-order valence-corrected chi connectivity index (χ0v) is 9.81. The molecule has 0 saturated heterocycles. The number of halogens is 1. The number of urea groups is 1. The minimum atomic E-state index is -0.172. The molecule has 0 heterocycles. The molecule has 1 aromatic carbocycles. The Morgan fingerprint density at radius 3 is 2.86 bits per heavy atom. The first kappa shape index (κ1) is 11.0. The van der Waals surface area contributed by atoms with Gasteiger partial charge in [0.2, 0.25) is 0 Å². The van der Waals surface area contributed by atoms with Crippen molar-refractivity contribution in [1.29, 1.82) is 0 Å². The first-order chi connectivity index (χ1) is 6.65. The van der Waals surface area contributed by atoms with Crippen LogP contribution in [0.25, 0.3) is 0 Å². The van der Waals surface area contributed by atoms with Crippen molar-refractivity contribution in [1.82, 2.24) is 5.32 Å². The smallest absolute Gasteiger partial charge is 0.319 e. The Labute approximate surface area is 92.0 Å². The lowest BCUT2D eigenvalue weighted by molar-refractivity contribution is 0.252. The largest absolute Gasteiger partial charge is 0.338 e. The van der Waals surface area contributed by atoms with Gasteiger partial charge in [-0.2, -0.15) is 0 Å². The molecule has 3 nitrogen and oxygen atoms in total. The van der Waals surface area contributed by atoms with Gasteiger partial charge in [-0.15, -0.1) is 0 Å². The van der Waals surface area contributed by atoms with Gasteiger partial charge in [0, 0.05) is 16.7 Å². The van der Waals surface area contributed by atoms with Crippen LogP contribution in [0, 0.1) is 6.92 Å². The van der Waals surface area contributed by atoms with E-state index in [1.54, 1.807) is 0 Å². The molecule has 0 radical (unpaired) electrons. The molecule has 2 N–H and O–H groups in total. The molecule has 0 aliphatic rings. The van der Waals surface area contributed by atoms with Crippen molar-refractivity contribution in [3.63, 3.8) is 0 Å². The standard InChI is InChI=1S/C10H13BrN2O/c1-3-12-10(14)13-9-6-4-5-8(11)7(9)2/h4-6H,3H2,1-2H3,(H2,12,13,14). The average molecular weight is 257 g/mol. The molecule has 0 unspecified atom stereocenters. The highest BCUT2D eigenvalue weighted by Gasteiger charge is 2.04. The quantitative estimate of drug-likeness (QED) is 0.840. The highest BCUT2D eigenvalue weighted by atomic mass is 79.9. The molecule has 0 aliphatic heterocycles. The van der Waals surface area contributed by atoms with Crippen molar-refractivity contribution in [3.05, 3.63) is 28.2 Å². The topological polar surface area (TPSA) is 41.1 Å². The normalized spacial score (nSPS) is 9.64. The number of carbonyl (C=O) groups is 1. The summed E-state index contributed by atoms with van der Waals surface area (Å²) in [5.41, 5.74) is 1.85. The first-order valence-corrected chi connectivity index (χ1v) is 5.24. The number of hydrogen-bond acceptors (Lipinski definition) is 1. The van der Waals surface area contributed by atoms with E-state index in [1.165, 1.54) is 0 Å². The van der Waals surface area contributed by atoms with Gasteiger partial charge in [0.15, 0.2) is 0 Å². The van der Waals surface area contributed by atoms with Crippen molar-refractivity contribution >= 4 is 27.6 Å². The zero-order chi connectivity index (χ0) is 10.6. The second-order valence-corrected chi connectivity index (χ2v) is 3.75. The van der Waals surface area contributed by atoms with Gasteiger partial charge in [-0.25, -0.2) is 4.79 Å². The number of hydrogen-bond donors (Lipinski definition) is 2. The molecule has 0 atom stereocenters. The van der Waals surface area contributed by atoms with Crippen molar-refractivity contribution in [3.8, 4) is 0 Å². The molecule has 0 saturated carbocycles. The highest BCUT2D eigenvalue weighted by molar-refractivity contribution is 9.10. The van der Waals surface area contributed by atoms with Crippen LogP contribution in [0.15, 0.2) is 22.7 Å². The lowest BCUT2D eigenvalue weighted by Crippen LogP contribution is -2.28. The SMILES string of the molecule is CCNC(=O)Nc1cccc(Br)c1C. The van der Waals surface area contributed by atoms with E-state index in [9.17, 15) is 4.79 Å². The van der Waals surface area contributed by atoms with Crippen LogP contribution in [-0.2, 0) is 0 Å². The fourth-order valence-electron chi connectivity index (χ4n) is 1.07. The van der Waals surface area contributed by atoms with E-state index in [0.29, 0.717) is 6.54 Å². The molecule has 0 fully saturated rings. The predicted octanol–water partition coefficient (Wildman–Crippen LogP) is 2.90. The molecule has 76 valence electrons. The van der Waals surface area contributed by atoms with Crippen LogP contribution in [0.3, 0.4) is 0 Å². The molecule has 2 amide bonds. The third-order valence-corrected chi connectivity index (χ3v) is 2.71. The van der Waals surface area contributed by atoms with Crippen LogP contribution in [0.2, 0.25) is 0 Å². The zero-order valence-electron chi connectivity index (χ0n) is 8.23. The molecule has 4 heteroatoms. The van der Waals surface area contributed by atoms with Gasteiger partial charge in [-0.1, -0.05) is 22.0 Å². The lowest BCUT2D eigenvalue weighted by Gasteiger charge is -2.09. The molecule has 0 aromatic heterocycles. The minimum Gasteiger partial charge on any atom is -0.338 e. The van der Waals surface area contributed by atoms with E-state index in [2.05, 4.69) is 26.6 Å². The highest BCUT2D eigenvalue weighted by Crippen LogP contribution is 2.23. The van der Waals surface area contributed by atoms with Crippen molar-refractivity contribution in [2.24, 2.45) is 0 Å². The van der Waals surface area contributed by atoms with E-state index < -0.39 is 0 Å². The summed E-state index contributed by atoms with van der Waals surface area (Å²) < 4.78 is 0.992. The summed E-state index contributed by atoms with van der Waals surface area (Å²) in [7, 11) is 0. The summed E-state index contributed by atoms with van der Waals surface area (Å²) in [5.74, 6) is 0. The van der Waals surface area contributed by atoms with Gasteiger partial charge in [0.05, 0.1) is 0 Å². The molecule has 0 bridgehead atoms. The van der Waals surface area contributed by atoms with Gasteiger partial charge < -0.3 is 10.6 Å². The Morgan fingerprint density at radius 1 is 1.50 bits per heavy atom. The Bertz CT molecular complexity index is 339. The first-order valence-electron chi connectivity index (χ1n) is 4.45. The predicted molar refractivity (Wildman–Crippen MR) is 61.6 cm³/mol. The van der Waals surface area contributed by atoms with Crippen molar-refractivity contribution < 1.29 is 4.79 Å². The summed E-state index contributed by atoms with van der Waals surface area (Å²) in [6.45, 7) is 4.46. The van der Waals surface area contributed by atoms with Gasteiger partial charge >= 0.3 is 6.03 Å². The Balaban J connectivity index is 2.76. The summed E-state index contributed by atoms with van der Waals surface area (Å²) >= 11 is 3.40.